The average molecular weight is 766 g/mol. The van der Waals surface area contributed by atoms with Crippen LogP contribution in [-0.4, -0.2) is 35.7 Å². The monoisotopic (exact) mass is 767 g/mol. The fourth-order valence-electron chi connectivity index (χ4n) is 5.47. The molecular weight excluding hydrogens is 668 g/mol. The number of hydrogen-bond donors (Lipinski definition) is 0. The van der Waals surface area contributed by atoms with Gasteiger partial charge in [-0.05, 0) is 83.5 Å². The number of hydrogen-bond acceptors (Lipinski definition) is 2. The predicted molar refractivity (Wildman–Crippen MR) is 234 cm³/mol. The summed E-state index contributed by atoms with van der Waals surface area (Å²) in [5.74, 6) is 0. The van der Waals surface area contributed by atoms with Gasteiger partial charge in [0.05, 0.1) is 11.2 Å². The van der Waals surface area contributed by atoms with E-state index in [4.69, 9.17) is 4.74 Å². The minimum absolute atomic E-state index is 0.0156. The van der Waals surface area contributed by atoms with Crippen LogP contribution in [0.2, 0.25) is 8.63 Å². The van der Waals surface area contributed by atoms with Gasteiger partial charge in [-0.25, -0.2) is 0 Å². The summed E-state index contributed by atoms with van der Waals surface area (Å²) in [6.45, 7) is 71.7. The van der Waals surface area contributed by atoms with Gasteiger partial charge in [0, 0.05) is 9.49 Å². The van der Waals surface area contributed by atoms with E-state index in [1.165, 1.54) is 17.6 Å². The van der Waals surface area contributed by atoms with Crippen molar-refractivity contribution >= 4 is 26.7 Å². The Hall–Kier alpha value is 0.569. The zero-order valence-corrected chi connectivity index (χ0v) is 42.5. The molecule has 3 heteroatoms. The van der Waals surface area contributed by atoms with Gasteiger partial charge in [-0.15, -0.1) is 0 Å². The molecule has 0 bridgehead atoms. The van der Waals surface area contributed by atoms with Crippen LogP contribution in [-0.2, 0) is 4.74 Å². The fourth-order valence-corrected chi connectivity index (χ4v) is 11.2. The van der Waals surface area contributed by atoms with Crippen LogP contribution in [0.5, 0.6) is 0 Å². The van der Waals surface area contributed by atoms with Crippen molar-refractivity contribution in [2.75, 3.05) is 0 Å². The van der Waals surface area contributed by atoms with Crippen molar-refractivity contribution in [1.82, 2.24) is 0 Å². The normalized spacial score (nSPS) is 14.5. The van der Waals surface area contributed by atoms with E-state index in [0.717, 1.165) is 15.0 Å². The van der Waals surface area contributed by atoms with E-state index < -0.39 is 0 Å². The van der Waals surface area contributed by atoms with Crippen LogP contribution >= 0.6 is 11.8 Å². The van der Waals surface area contributed by atoms with Crippen molar-refractivity contribution in [2.24, 2.45) is 21.7 Å². The molecule has 0 aliphatic carbocycles. The van der Waals surface area contributed by atoms with Crippen LogP contribution < -0.4 is 0 Å². The third-order valence-corrected chi connectivity index (χ3v) is 9.50. The molecule has 0 saturated heterocycles. The third kappa shape index (κ3) is 58.8. The molecule has 0 unspecified atom stereocenters. The van der Waals surface area contributed by atoms with E-state index in [1.807, 2.05) is 11.8 Å². The number of rotatable bonds is 0. The standard InChI is InChI=1S/C12H24.C9H20.C8H18O.C8H18S.C8H18Se/c1-9(11(3,4)5)10(2)12(6,7)8;1-8(2,3)7-9(4,5)6;3*1-7(2,3)9-8(4,5)6/h1-8H3;7H2,1-6H3;3*1-6H3/b10-9-;;;;. The molecule has 0 aromatic rings. The molecule has 0 saturated carbocycles. The van der Waals surface area contributed by atoms with Gasteiger partial charge >= 0.3 is 65.1 Å². The molecule has 0 fully saturated rings. The summed E-state index contributed by atoms with van der Waals surface area (Å²) in [4.78, 5) is 0. The second-order valence-corrected chi connectivity index (χ2v) is 32.2. The number of allylic oxidation sites excluding steroid dienone is 2. The summed E-state index contributed by atoms with van der Waals surface area (Å²) in [5.41, 5.74) is 4.62. The summed E-state index contributed by atoms with van der Waals surface area (Å²) >= 11 is 2.76. The molecule has 296 valence electrons. The third-order valence-electron chi connectivity index (χ3n) is 5.71. The Morgan fingerprint density at radius 1 is 0.396 bits per heavy atom. The van der Waals surface area contributed by atoms with Crippen LogP contribution in [0.3, 0.4) is 0 Å². The Morgan fingerprint density at radius 3 is 0.625 bits per heavy atom. The average Bonchev–Trinajstić information content (AvgIpc) is 2.54. The molecule has 0 spiro atoms. The molecule has 1 nitrogen and oxygen atoms in total. The van der Waals surface area contributed by atoms with Crippen LogP contribution in [0, 0.1) is 21.7 Å². The first-order chi connectivity index (χ1) is 19.9. The Balaban J connectivity index is -0.000000161. The molecule has 0 amide bonds. The van der Waals surface area contributed by atoms with E-state index in [2.05, 4.69) is 222 Å². The van der Waals surface area contributed by atoms with E-state index in [0.29, 0.717) is 39.8 Å². The first-order valence-electron chi connectivity index (χ1n) is 18.7. The van der Waals surface area contributed by atoms with Gasteiger partial charge in [-0.3, -0.25) is 0 Å². The van der Waals surface area contributed by atoms with Gasteiger partial charge in [-0.1, -0.05) is 136 Å². The zero-order chi connectivity index (χ0) is 41.0. The summed E-state index contributed by atoms with van der Waals surface area (Å²) in [6, 6.07) is 0. The van der Waals surface area contributed by atoms with Gasteiger partial charge in [0.2, 0.25) is 0 Å². The van der Waals surface area contributed by atoms with Crippen LogP contribution in [0.1, 0.15) is 228 Å². The Kier molecular flexibility index (Phi) is 25.0. The van der Waals surface area contributed by atoms with E-state index in [-0.39, 0.29) is 11.2 Å². The second kappa shape index (κ2) is 20.7. The van der Waals surface area contributed by atoms with Crippen molar-refractivity contribution < 1.29 is 4.74 Å². The molecule has 0 aliphatic rings. The van der Waals surface area contributed by atoms with Crippen molar-refractivity contribution in [3.8, 4) is 0 Å². The zero-order valence-electron chi connectivity index (χ0n) is 39.9. The summed E-state index contributed by atoms with van der Waals surface area (Å²) in [5, 5.41) is 0. The molecule has 0 aromatic carbocycles. The van der Waals surface area contributed by atoms with Gasteiger partial charge in [0.1, 0.15) is 0 Å². The molecular formula is C45H98OSSe. The SMILES string of the molecule is C/C(=C(\C)C(C)(C)C)C(C)(C)C.CC(C)(C)CC(C)(C)C.CC(C)(C)OC(C)(C)C.CC(C)(C)SC(C)(C)C.CC(C)(C)[Se]C(C)(C)C. The maximum absolute atomic E-state index is 5.62. The molecule has 0 atom stereocenters. The van der Waals surface area contributed by atoms with Gasteiger partial charge in [0.15, 0.2) is 0 Å². The quantitative estimate of drug-likeness (QED) is 0.179. The maximum atomic E-state index is 5.62. The fraction of sp³-hybridized carbons (Fsp3) is 0.956. The number of thioether (sulfide) groups is 1. The molecule has 0 rings (SSSR count). The van der Waals surface area contributed by atoms with Crippen molar-refractivity contribution in [1.29, 1.82) is 0 Å². The first-order valence-corrected chi connectivity index (χ1v) is 21.2. The molecule has 0 aliphatic heterocycles. The van der Waals surface area contributed by atoms with Crippen LogP contribution in [0.4, 0.5) is 0 Å². The van der Waals surface area contributed by atoms with Crippen molar-refractivity contribution in [2.45, 2.75) is 257 Å². The number of ether oxygens (including phenoxy) is 1. The van der Waals surface area contributed by atoms with Gasteiger partial charge < -0.3 is 4.74 Å². The Labute approximate surface area is 320 Å². The van der Waals surface area contributed by atoms with Crippen LogP contribution in [0.25, 0.3) is 0 Å². The molecule has 48 heavy (non-hydrogen) atoms. The van der Waals surface area contributed by atoms with E-state index in [9.17, 15) is 0 Å². The van der Waals surface area contributed by atoms with E-state index >= 15 is 0 Å². The summed E-state index contributed by atoms with van der Waals surface area (Å²) in [7, 11) is 0. The topological polar surface area (TPSA) is 9.23 Å². The molecule has 0 radical (unpaired) electrons. The van der Waals surface area contributed by atoms with Gasteiger partial charge in [-0.2, -0.15) is 11.8 Å². The van der Waals surface area contributed by atoms with Gasteiger partial charge in [0.25, 0.3) is 0 Å². The second-order valence-electron chi connectivity index (χ2n) is 24.0. The first kappa shape index (κ1) is 57.9. The molecule has 0 heterocycles. The molecule has 0 N–H and O–H groups in total. The van der Waals surface area contributed by atoms with E-state index in [1.54, 1.807) is 0 Å². The summed E-state index contributed by atoms with van der Waals surface area (Å²) < 4.78 is 7.52. The molecule has 0 aromatic heterocycles. The Morgan fingerprint density at radius 2 is 0.604 bits per heavy atom. The van der Waals surface area contributed by atoms with Crippen LogP contribution in [0.15, 0.2) is 11.1 Å². The Bertz CT molecular complexity index is 678. The van der Waals surface area contributed by atoms with Crippen molar-refractivity contribution in [3.63, 3.8) is 0 Å². The van der Waals surface area contributed by atoms with Crippen molar-refractivity contribution in [3.05, 3.63) is 11.1 Å². The predicted octanol–water partition coefficient (Wildman–Crippen LogP) is 16.9. The summed E-state index contributed by atoms with van der Waals surface area (Å²) in [6.07, 6.45) is 1.29. The minimum atomic E-state index is -0.0156.